The monoisotopic (exact) mass is 307 g/mol. The van der Waals surface area contributed by atoms with E-state index in [1.807, 2.05) is 12.1 Å². The molecule has 1 aromatic carbocycles. The van der Waals surface area contributed by atoms with Crippen LogP contribution in [-0.4, -0.2) is 21.9 Å². The summed E-state index contributed by atoms with van der Waals surface area (Å²) in [4.78, 5) is 20.2. The Balaban J connectivity index is 2.36. The first kappa shape index (κ1) is 15.0. The van der Waals surface area contributed by atoms with Crippen LogP contribution in [0.25, 0.3) is 0 Å². The maximum absolute atomic E-state index is 11.2. The molecule has 8 heteroatoms. The topological polar surface area (TPSA) is 98.2 Å². The van der Waals surface area contributed by atoms with Gasteiger partial charge in [0.15, 0.2) is 0 Å². The number of nitrogen functional groups attached to an aromatic ring is 1. The Hall–Kier alpha value is -2.41. The van der Waals surface area contributed by atoms with Gasteiger partial charge in [0.2, 0.25) is 11.8 Å². The van der Waals surface area contributed by atoms with Gasteiger partial charge in [-0.15, -0.1) is 0 Å². The molecule has 2 N–H and O–H groups in total. The largest absolute Gasteiger partial charge is 0.368 e. The van der Waals surface area contributed by atoms with Gasteiger partial charge >= 0.3 is 5.69 Å². The summed E-state index contributed by atoms with van der Waals surface area (Å²) in [6.45, 7) is 1.98. The lowest BCUT2D eigenvalue weighted by molar-refractivity contribution is -0.385. The van der Waals surface area contributed by atoms with Gasteiger partial charge in [0.25, 0.3) is 0 Å². The summed E-state index contributed by atoms with van der Waals surface area (Å²) in [7, 11) is 1.71. The fraction of sp³-hybridized carbons (Fsp3) is 0.231. The number of aryl methyl sites for hydroxylation is 1. The molecule has 2 aromatic rings. The molecule has 0 amide bonds. The van der Waals surface area contributed by atoms with Crippen LogP contribution in [0, 0.1) is 17.0 Å². The molecule has 0 fully saturated rings. The predicted octanol–water partition coefficient (Wildman–Crippen LogP) is 2.57. The van der Waals surface area contributed by atoms with Crippen molar-refractivity contribution in [2.24, 2.45) is 0 Å². The van der Waals surface area contributed by atoms with Crippen LogP contribution in [0.5, 0.6) is 0 Å². The Morgan fingerprint density at radius 3 is 2.52 bits per heavy atom. The van der Waals surface area contributed by atoms with Crippen molar-refractivity contribution < 1.29 is 4.92 Å². The van der Waals surface area contributed by atoms with Gasteiger partial charge in [0.1, 0.15) is 5.69 Å². The second-order valence-electron chi connectivity index (χ2n) is 4.58. The number of halogens is 1. The van der Waals surface area contributed by atoms with E-state index in [0.717, 1.165) is 5.56 Å². The fourth-order valence-corrected chi connectivity index (χ4v) is 2.12. The third kappa shape index (κ3) is 3.38. The van der Waals surface area contributed by atoms with Crippen LogP contribution in [0.15, 0.2) is 24.3 Å². The molecule has 2 rings (SSSR count). The lowest BCUT2D eigenvalue weighted by Crippen LogP contribution is -2.20. The number of aromatic nitrogens is 2. The Kier molecular flexibility index (Phi) is 4.23. The number of anilines is 2. The third-order valence-corrected chi connectivity index (χ3v) is 3.19. The second kappa shape index (κ2) is 5.92. The van der Waals surface area contributed by atoms with E-state index in [9.17, 15) is 10.1 Å². The molecule has 0 aliphatic carbocycles. The number of hydrogen-bond donors (Lipinski definition) is 1. The minimum atomic E-state index is -0.498. The zero-order valence-corrected chi connectivity index (χ0v) is 12.3. The Morgan fingerprint density at radius 2 is 1.95 bits per heavy atom. The summed E-state index contributed by atoms with van der Waals surface area (Å²) in [6.07, 6.45) is 0. The maximum atomic E-state index is 11.2. The van der Waals surface area contributed by atoms with E-state index in [0.29, 0.717) is 11.6 Å². The molecular weight excluding hydrogens is 294 g/mol. The molecule has 0 unspecified atom stereocenters. The highest BCUT2D eigenvalue weighted by Crippen LogP contribution is 2.29. The highest BCUT2D eigenvalue weighted by Gasteiger charge is 2.24. The number of hydrogen-bond acceptors (Lipinski definition) is 6. The van der Waals surface area contributed by atoms with E-state index < -0.39 is 4.92 Å². The molecule has 0 aliphatic rings. The van der Waals surface area contributed by atoms with E-state index in [1.165, 1.54) is 6.92 Å². The van der Waals surface area contributed by atoms with Crippen LogP contribution in [0.1, 0.15) is 11.3 Å². The van der Waals surface area contributed by atoms with Crippen LogP contribution in [-0.2, 0) is 6.54 Å². The van der Waals surface area contributed by atoms with Gasteiger partial charge in [-0.2, -0.15) is 4.98 Å². The first-order valence-electron chi connectivity index (χ1n) is 6.12. The molecule has 110 valence electrons. The minimum absolute atomic E-state index is 0.0102. The van der Waals surface area contributed by atoms with Crippen LogP contribution in [0.4, 0.5) is 17.5 Å². The molecule has 0 saturated heterocycles. The molecule has 0 aliphatic heterocycles. The average molecular weight is 308 g/mol. The lowest BCUT2D eigenvalue weighted by Gasteiger charge is -2.18. The molecule has 0 bridgehead atoms. The van der Waals surface area contributed by atoms with E-state index in [-0.39, 0.29) is 23.1 Å². The van der Waals surface area contributed by atoms with E-state index >= 15 is 0 Å². The zero-order chi connectivity index (χ0) is 15.6. The molecule has 1 heterocycles. The first-order chi connectivity index (χ1) is 9.88. The number of nitrogens with two attached hydrogens (primary N) is 1. The number of nitrogens with zero attached hydrogens (tertiary/aromatic N) is 4. The van der Waals surface area contributed by atoms with Crippen molar-refractivity contribution >= 4 is 29.1 Å². The van der Waals surface area contributed by atoms with Crippen LogP contribution >= 0.6 is 11.6 Å². The summed E-state index contributed by atoms with van der Waals surface area (Å²) in [5.41, 5.74) is 6.64. The Labute approximate surface area is 126 Å². The van der Waals surface area contributed by atoms with E-state index in [1.54, 1.807) is 24.1 Å². The van der Waals surface area contributed by atoms with E-state index in [2.05, 4.69) is 9.97 Å². The maximum Gasteiger partial charge on any atom is 0.332 e. The highest BCUT2D eigenvalue weighted by atomic mass is 35.5. The molecule has 21 heavy (non-hydrogen) atoms. The quantitative estimate of drug-likeness (QED) is 0.688. The van der Waals surface area contributed by atoms with Gasteiger partial charge in [-0.05, 0) is 24.6 Å². The molecule has 0 atom stereocenters. The van der Waals surface area contributed by atoms with Gasteiger partial charge in [0.05, 0.1) is 4.92 Å². The van der Waals surface area contributed by atoms with Crippen molar-refractivity contribution in [3.05, 3.63) is 50.7 Å². The summed E-state index contributed by atoms with van der Waals surface area (Å²) in [6, 6.07) is 7.22. The summed E-state index contributed by atoms with van der Waals surface area (Å²) in [5.74, 6) is 0.205. The average Bonchev–Trinajstić information content (AvgIpc) is 2.39. The van der Waals surface area contributed by atoms with E-state index in [4.69, 9.17) is 17.3 Å². The first-order valence-corrected chi connectivity index (χ1v) is 6.50. The standard InChI is InChI=1S/C13H14ClN5O2/c1-8-11(19(20)21)12(17-13(15)16-8)18(2)7-9-3-5-10(14)6-4-9/h3-6H,7H2,1-2H3,(H2,15,16,17). The SMILES string of the molecule is Cc1nc(N)nc(N(C)Cc2ccc(Cl)cc2)c1[N+](=O)[O-]. The molecule has 0 radical (unpaired) electrons. The third-order valence-electron chi connectivity index (χ3n) is 2.93. The zero-order valence-electron chi connectivity index (χ0n) is 11.6. The van der Waals surface area contributed by atoms with Crippen molar-refractivity contribution in [1.29, 1.82) is 0 Å². The van der Waals surface area contributed by atoms with Crippen LogP contribution in [0.3, 0.4) is 0 Å². The minimum Gasteiger partial charge on any atom is -0.368 e. The van der Waals surface area contributed by atoms with Crippen molar-refractivity contribution in [3.63, 3.8) is 0 Å². The van der Waals surface area contributed by atoms with Gasteiger partial charge in [-0.1, -0.05) is 23.7 Å². The van der Waals surface area contributed by atoms with Gasteiger partial charge in [0, 0.05) is 18.6 Å². The molecule has 7 nitrogen and oxygen atoms in total. The van der Waals surface area contributed by atoms with Crippen molar-refractivity contribution in [3.8, 4) is 0 Å². The lowest BCUT2D eigenvalue weighted by atomic mass is 10.2. The molecule has 0 saturated carbocycles. The van der Waals surface area contributed by atoms with Crippen molar-refractivity contribution in [2.75, 3.05) is 17.7 Å². The van der Waals surface area contributed by atoms with Crippen molar-refractivity contribution in [2.45, 2.75) is 13.5 Å². The smallest absolute Gasteiger partial charge is 0.332 e. The number of benzene rings is 1. The fourth-order valence-electron chi connectivity index (χ4n) is 1.99. The normalized spacial score (nSPS) is 10.4. The second-order valence-corrected chi connectivity index (χ2v) is 5.02. The number of nitro groups is 1. The molecule has 0 spiro atoms. The summed E-state index contributed by atoms with van der Waals surface area (Å²) >= 11 is 5.83. The summed E-state index contributed by atoms with van der Waals surface area (Å²) in [5, 5.41) is 11.8. The predicted molar refractivity (Wildman–Crippen MR) is 81.4 cm³/mol. The van der Waals surface area contributed by atoms with Gasteiger partial charge in [-0.25, -0.2) is 4.98 Å². The molecular formula is C13H14ClN5O2. The Bertz CT molecular complexity index is 675. The Morgan fingerprint density at radius 1 is 1.33 bits per heavy atom. The van der Waals surface area contributed by atoms with Crippen LogP contribution in [0.2, 0.25) is 5.02 Å². The highest BCUT2D eigenvalue weighted by molar-refractivity contribution is 6.30. The number of rotatable bonds is 4. The van der Waals surface area contributed by atoms with Crippen LogP contribution < -0.4 is 10.6 Å². The van der Waals surface area contributed by atoms with Crippen molar-refractivity contribution in [1.82, 2.24) is 9.97 Å². The van der Waals surface area contributed by atoms with Gasteiger partial charge in [-0.3, -0.25) is 10.1 Å². The molecule has 1 aromatic heterocycles. The summed E-state index contributed by atoms with van der Waals surface area (Å²) < 4.78 is 0. The van der Waals surface area contributed by atoms with Gasteiger partial charge < -0.3 is 10.6 Å².